The monoisotopic (exact) mass is 347 g/mol. The molecule has 0 bridgehead atoms. The van der Waals surface area contributed by atoms with Gasteiger partial charge in [-0.15, -0.1) is 0 Å². The second kappa shape index (κ2) is 6.92. The Morgan fingerprint density at radius 1 is 0.917 bits per heavy atom. The van der Waals surface area contributed by atoms with Gasteiger partial charge in [-0.05, 0) is 44.9 Å². The lowest BCUT2D eigenvalue weighted by Gasteiger charge is -2.35. The molecule has 3 atom stereocenters. The van der Waals surface area contributed by atoms with Crippen LogP contribution in [0.5, 0.6) is 0 Å². The van der Waals surface area contributed by atoms with Crippen LogP contribution in [0.2, 0.25) is 0 Å². The average Bonchev–Trinajstić information content (AvgIpc) is 3.38. The Morgan fingerprint density at radius 3 is 2.29 bits per heavy atom. The topological polar surface area (TPSA) is 46.6 Å². The summed E-state index contributed by atoms with van der Waals surface area (Å²) in [5, 5.41) is 0. The molecule has 2 aliphatic carbocycles. The number of esters is 1. The van der Waals surface area contributed by atoms with Crippen molar-refractivity contribution in [3.63, 3.8) is 0 Å². The number of piperidine rings is 1. The molecule has 0 spiro atoms. The lowest BCUT2D eigenvalue weighted by atomic mass is 9.85. The molecular formula is C17H24F3NO3. The van der Waals surface area contributed by atoms with Gasteiger partial charge < -0.3 is 9.64 Å². The molecule has 3 fully saturated rings. The van der Waals surface area contributed by atoms with Gasteiger partial charge in [0.15, 0.2) is 0 Å². The van der Waals surface area contributed by atoms with E-state index in [-0.39, 0.29) is 31.2 Å². The minimum absolute atomic E-state index is 0.0262. The van der Waals surface area contributed by atoms with Gasteiger partial charge in [-0.2, -0.15) is 13.2 Å². The summed E-state index contributed by atoms with van der Waals surface area (Å²) in [6.07, 6.45) is -0.840. The van der Waals surface area contributed by atoms with Crippen LogP contribution in [0.4, 0.5) is 13.2 Å². The predicted octanol–water partition coefficient (Wildman–Crippen LogP) is 3.30. The summed E-state index contributed by atoms with van der Waals surface area (Å²) in [5.74, 6) is -2.43. The highest BCUT2D eigenvalue weighted by Gasteiger charge is 2.48. The number of likely N-dealkylation sites (tertiary alicyclic amines) is 1. The van der Waals surface area contributed by atoms with Crippen LogP contribution in [0.25, 0.3) is 0 Å². The van der Waals surface area contributed by atoms with Gasteiger partial charge in [0.25, 0.3) is 0 Å². The van der Waals surface area contributed by atoms with Gasteiger partial charge in [0.2, 0.25) is 5.91 Å². The molecule has 136 valence electrons. The fourth-order valence-corrected chi connectivity index (χ4v) is 3.82. The van der Waals surface area contributed by atoms with Gasteiger partial charge in [-0.1, -0.05) is 6.42 Å². The molecule has 1 heterocycles. The molecule has 0 unspecified atom stereocenters. The summed E-state index contributed by atoms with van der Waals surface area (Å²) in [6, 6.07) is 0. The number of carbonyl (C=O) groups is 2. The predicted molar refractivity (Wildman–Crippen MR) is 79.9 cm³/mol. The third-order valence-corrected chi connectivity index (χ3v) is 5.38. The largest absolute Gasteiger partial charge is 0.461 e. The molecule has 0 N–H and O–H groups in total. The van der Waals surface area contributed by atoms with Crippen LogP contribution in [0.15, 0.2) is 0 Å². The molecule has 24 heavy (non-hydrogen) atoms. The van der Waals surface area contributed by atoms with Crippen molar-refractivity contribution >= 4 is 11.9 Å². The zero-order valence-electron chi connectivity index (χ0n) is 13.7. The molecule has 0 aromatic heterocycles. The second-order valence-electron chi connectivity index (χ2n) is 7.31. The fourth-order valence-electron chi connectivity index (χ4n) is 3.82. The van der Waals surface area contributed by atoms with Gasteiger partial charge in [-0.3, -0.25) is 9.59 Å². The Hall–Kier alpha value is -1.27. The van der Waals surface area contributed by atoms with E-state index in [9.17, 15) is 22.8 Å². The summed E-state index contributed by atoms with van der Waals surface area (Å²) in [5.41, 5.74) is 0. The molecule has 3 rings (SSSR count). The van der Waals surface area contributed by atoms with E-state index in [1.807, 2.05) is 0 Å². The molecule has 1 amide bonds. The van der Waals surface area contributed by atoms with Crippen LogP contribution in [-0.2, 0) is 14.3 Å². The van der Waals surface area contributed by atoms with Crippen molar-refractivity contribution in [2.45, 2.75) is 63.6 Å². The molecule has 1 saturated heterocycles. The summed E-state index contributed by atoms with van der Waals surface area (Å²) < 4.78 is 44.6. The number of hydrogen-bond acceptors (Lipinski definition) is 3. The van der Waals surface area contributed by atoms with E-state index in [0.717, 1.165) is 12.8 Å². The number of carbonyl (C=O) groups excluding carboxylic acids is 2. The van der Waals surface area contributed by atoms with E-state index < -0.39 is 30.1 Å². The van der Waals surface area contributed by atoms with E-state index in [1.165, 1.54) is 0 Å². The maximum atomic E-state index is 13.1. The Balaban J connectivity index is 1.57. The number of halogens is 3. The zero-order chi connectivity index (χ0) is 17.3. The zero-order valence-corrected chi connectivity index (χ0v) is 13.7. The number of nitrogens with zero attached hydrogens (tertiary/aromatic N) is 1. The summed E-state index contributed by atoms with van der Waals surface area (Å²) in [4.78, 5) is 26.2. The van der Waals surface area contributed by atoms with Gasteiger partial charge >= 0.3 is 12.1 Å². The van der Waals surface area contributed by atoms with Crippen LogP contribution < -0.4 is 0 Å². The van der Waals surface area contributed by atoms with E-state index >= 15 is 0 Å². The minimum atomic E-state index is -4.33. The molecule has 1 aliphatic heterocycles. The highest BCUT2D eigenvalue weighted by Crippen LogP contribution is 2.40. The molecule has 0 aromatic rings. The molecule has 3 aliphatic rings. The Labute approximate surface area is 139 Å². The molecule has 4 nitrogen and oxygen atoms in total. The number of ether oxygens (including phenoxy) is 1. The normalized spacial score (nSPS) is 31.6. The maximum Gasteiger partial charge on any atom is 0.395 e. The van der Waals surface area contributed by atoms with Crippen LogP contribution in [-0.4, -0.2) is 42.1 Å². The van der Waals surface area contributed by atoms with Crippen molar-refractivity contribution in [2.75, 3.05) is 13.1 Å². The van der Waals surface area contributed by atoms with E-state index in [4.69, 9.17) is 4.74 Å². The lowest BCUT2D eigenvalue weighted by Crippen LogP contribution is -2.45. The third kappa shape index (κ3) is 4.03. The first kappa shape index (κ1) is 17.5. The lowest BCUT2D eigenvalue weighted by molar-refractivity contribution is -0.217. The van der Waals surface area contributed by atoms with Gasteiger partial charge in [0.05, 0.1) is 11.8 Å². The van der Waals surface area contributed by atoms with Crippen molar-refractivity contribution in [2.24, 2.45) is 17.8 Å². The number of hydrogen-bond donors (Lipinski definition) is 0. The van der Waals surface area contributed by atoms with E-state index in [1.54, 1.807) is 4.90 Å². The summed E-state index contributed by atoms with van der Waals surface area (Å²) in [7, 11) is 0. The quantitative estimate of drug-likeness (QED) is 0.736. The number of amides is 1. The maximum absolute atomic E-state index is 13.1. The molecular weight excluding hydrogens is 323 g/mol. The van der Waals surface area contributed by atoms with Crippen molar-refractivity contribution in [1.82, 2.24) is 4.90 Å². The first-order chi connectivity index (χ1) is 11.4. The van der Waals surface area contributed by atoms with Crippen LogP contribution in [0.1, 0.15) is 51.4 Å². The summed E-state index contributed by atoms with van der Waals surface area (Å²) in [6.45, 7) is 0.922. The SMILES string of the molecule is O=C(O[C@@H]1CCCC[C@@H]1C(F)(F)F)[C@@H]1CCCN(C(=O)C2CC2)C1. The summed E-state index contributed by atoms with van der Waals surface area (Å²) >= 11 is 0. The molecule has 0 aromatic carbocycles. The highest BCUT2D eigenvalue weighted by molar-refractivity contribution is 5.82. The standard InChI is InChI=1S/C17H24F3NO3/c18-17(19,20)13-5-1-2-6-14(13)24-16(23)12-4-3-9-21(10-12)15(22)11-7-8-11/h11-14H,1-10H2/t12-,13+,14-/m1/s1. The Bertz CT molecular complexity index is 490. The number of alkyl halides is 3. The van der Waals surface area contributed by atoms with Gasteiger partial charge in [0, 0.05) is 19.0 Å². The first-order valence-electron chi connectivity index (χ1n) is 8.92. The van der Waals surface area contributed by atoms with Gasteiger partial charge in [0.1, 0.15) is 6.10 Å². The van der Waals surface area contributed by atoms with E-state index in [0.29, 0.717) is 32.2 Å². The third-order valence-electron chi connectivity index (χ3n) is 5.38. The highest BCUT2D eigenvalue weighted by atomic mass is 19.4. The average molecular weight is 347 g/mol. The smallest absolute Gasteiger partial charge is 0.395 e. The Kier molecular flexibility index (Phi) is 5.06. The molecule has 2 saturated carbocycles. The van der Waals surface area contributed by atoms with Gasteiger partial charge in [-0.25, -0.2) is 0 Å². The Morgan fingerprint density at radius 2 is 1.62 bits per heavy atom. The van der Waals surface area contributed by atoms with Crippen molar-refractivity contribution in [3.8, 4) is 0 Å². The van der Waals surface area contributed by atoms with Crippen molar-refractivity contribution in [3.05, 3.63) is 0 Å². The fraction of sp³-hybridized carbons (Fsp3) is 0.882. The van der Waals surface area contributed by atoms with Crippen LogP contribution in [0, 0.1) is 17.8 Å². The van der Waals surface area contributed by atoms with Crippen molar-refractivity contribution in [1.29, 1.82) is 0 Å². The molecule has 0 radical (unpaired) electrons. The number of rotatable bonds is 3. The minimum Gasteiger partial charge on any atom is -0.461 e. The first-order valence-corrected chi connectivity index (χ1v) is 8.92. The van der Waals surface area contributed by atoms with Crippen LogP contribution >= 0.6 is 0 Å². The van der Waals surface area contributed by atoms with E-state index in [2.05, 4.69) is 0 Å². The van der Waals surface area contributed by atoms with Crippen molar-refractivity contribution < 1.29 is 27.5 Å². The second-order valence-corrected chi connectivity index (χ2v) is 7.31. The molecule has 7 heteroatoms. The van der Waals surface area contributed by atoms with Crippen LogP contribution in [0.3, 0.4) is 0 Å².